The van der Waals surface area contributed by atoms with Gasteiger partial charge in [-0.25, -0.2) is 9.78 Å². The number of ether oxygens (including phenoxy) is 2. The predicted molar refractivity (Wildman–Crippen MR) is 68.4 cm³/mol. The van der Waals surface area contributed by atoms with E-state index in [1.165, 1.54) is 7.11 Å². The van der Waals surface area contributed by atoms with Crippen molar-refractivity contribution in [3.05, 3.63) is 28.0 Å². The Kier molecular flexibility index (Phi) is 2.83. The number of benzene rings is 1. The first-order chi connectivity index (χ1) is 8.70. The van der Waals surface area contributed by atoms with Crippen molar-refractivity contribution in [1.29, 1.82) is 0 Å². The molecule has 0 fully saturated rings. The maximum absolute atomic E-state index is 11.6. The van der Waals surface area contributed by atoms with Crippen molar-refractivity contribution >= 4 is 32.9 Å². The van der Waals surface area contributed by atoms with Crippen LogP contribution in [-0.4, -0.2) is 29.2 Å². The van der Waals surface area contributed by atoms with Crippen molar-refractivity contribution in [2.45, 2.75) is 13.2 Å². The number of esters is 1. The predicted octanol–water partition coefficient (Wildman–Crippen LogP) is 2.12. The number of imidazole rings is 1. The van der Waals surface area contributed by atoms with Crippen LogP contribution in [0.25, 0.3) is 11.0 Å². The van der Waals surface area contributed by atoms with Crippen LogP contribution in [0.4, 0.5) is 0 Å². The molecule has 0 spiro atoms. The standard InChI is InChI=1S/C12H11BrN2O3/c1-17-12(16)7-4-8(13)11-9(5-7)14-10-6-18-3-2-15(10)11/h4-5H,2-3,6H2,1H3. The van der Waals surface area contributed by atoms with E-state index in [4.69, 9.17) is 9.47 Å². The average molecular weight is 311 g/mol. The smallest absolute Gasteiger partial charge is 0.337 e. The van der Waals surface area contributed by atoms with Crippen LogP contribution in [0.1, 0.15) is 16.2 Å². The van der Waals surface area contributed by atoms with Gasteiger partial charge < -0.3 is 14.0 Å². The molecule has 0 aliphatic carbocycles. The summed E-state index contributed by atoms with van der Waals surface area (Å²) in [5, 5.41) is 0. The molecular formula is C12H11BrN2O3. The van der Waals surface area contributed by atoms with E-state index in [0.29, 0.717) is 18.8 Å². The van der Waals surface area contributed by atoms with Gasteiger partial charge in [-0.3, -0.25) is 0 Å². The number of halogens is 1. The van der Waals surface area contributed by atoms with E-state index in [-0.39, 0.29) is 5.97 Å². The number of carbonyl (C=O) groups excluding carboxylic acids is 1. The van der Waals surface area contributed by atoms with E-state index in [9.17, 15) is 4.79 Å². The van der Waals surface area contributed by atoms with Crippen LogP contribution in [0.3, 0.4) is 0 Å². The maximum Gasteiger partial charge on any atom is 0.337 e. The first-order valence-electron chi connectivity index (χ1n) is 5.55. The Bertz CT molecular complexity index is 636. The minimum Gasteiger partial charge on any atom is -0.465 e. The van der Waals surface area contributed by atoms with Gasteiger partial charge in [0.2, 0.25) is 0 Å². The Morgan fingerprint density at radius 3 is 3.17 bits per heavy atom. The number of hydrogen-bond acceptors (Lipinski definition) is 4. The maximum atomic E-state index is 11.6. The van der Waals surface area contributed by atoms with Crippen molar-refractivity contribution in [2.24, 2.45) is 0 Å². The Morgan fingerprint density at radius 2 is 2.39 bits per heavy atom. The van der Waals surface area contributed by atoms with Gasteiger partial charge in [0.05, 0.1) is 30.3 Å². The van der Waals surface area contributed by atoms with Gasteiger partial charge in [0, 0.05) is 11.0 Å². The molecule has 0 N–H and O–H groups in total. The van der Waals surface area contributed by atoms with Crippen LogP contribution >= 0.6 is 15.9 Å². The summed E-state index contributed by atoms with van der Waals surface area (Å²) < 4.78 is 13.1. The van der Waals surface area contributed by atoms with Gasteiger partial charge in [0.1, 0.15) is 12.4 Å². The second-order valence-corrected chi connectivity index (χ2v) is 4.90. The highest BCUT2D eigenvalue weighted by Gasteiger charge is 2.19. The molecule has 1 aliphatic rings. The monoisotopic (exact) mass is 310 g/mol. The van der Waals surface area contributed by atoms with Crippen LogP contribution in [0.5, 0.6) is 0 Å². The Morgan fingerprint density at radius 1 is 1.56 bits per heavy atom. The Hall–Kier alpha value is -1.40. The van der Waals surface area contributed by atoms with Crippen LogP contribution in [0.2, 0.25) is 0 Å². The number of methoxy groups -OCH3 is 1. The topological polar surface area (TPSA) is 53.3 Å². The third-order valence-corrected chi connectivity index (χ3v) is 3.59. The summed E-state index contributed by atoms with van der Waals surface area (Å²) in [5.74, 6) is 0.527. The first-order valence-corrected chi connectivity index (χ1v) is 6.34. The number of rotatable bonds is 1. The lowest BCUT2D eigenvalue weighted by atomic mass is 10.2. The molecule has 0 atom stereocenters. The van der Waals surface area contributed by atoms with Gasteiger partial charge in [-0.2, -0.15) is 0 Å². The highest BCUT2D eigenvalue weighted by atomic mass is 79.9. The van der Waals surface area contributed by atoms with Crippen molar-refractivity contribution in [3.63, 3.8) is 0 Å². The van der Waals surface area contributed by atoms with E-state index in [1.807, 2.05) is 0 Å². The number of hydrogen-bond donors (Lipinski definition) is 0. The highest BCUT2D eigenvalue weighted by molar-refractivity contribution is 9.10. The van der Waals surface area contributed by atoms with E-state index in [0.717, 1.165) is 27.9 Å². The van der Waals surface area contributed by atoms with Crippen LogP contribution < -0.4 is 0 Å². The van der Waals surface area contributed by atoms with E-state index in [1.54, 1.807) is 12.1 Å². The molecule has 1 aromatic heterocycles. The number of carbonyl (C=O) groups is 1. The molecule has 0 saturated carbocycles. The van der Waals surface area contributed by atoms with Gasteiger partial charge in [0.15, 0.2) is 0 Å². The number of fused-ring (bicyclic) bond motifs is 3. The fraction of sp³-hybridized carbons (Fsp3) is 0.333. The zero-order valence-corrected chi connectivity index (χ0v) is 11.4. The molecule has 1 aliphatic heterocycles. The summed E-state index contributed by atoms with van der Waals surface area (Å²) in [6, 6.07) is 3.51. The molecular weight excluding hydrogens is 300 g/mol. The average Bonchev–Trinajstić information content (AvgIpc) is 2.76. The molecule has 6 heteroatoms. The third-order valence-electron chi connectivity index (χ3n) is 2.99. The normalized spacial score (nSPS) is 14.6. The van der Waals surface area contributed by atoms with Crippen LogP contribution in [-0.2, 0) is 22.6 Å². The lowest BCUT2D eigenvalue weighted by Crippen LogP contribution is -2.16. The highest BCUT2D eigenvalue weighted by Crippen LogP contribution is 2.28. The lowest BCUT2D eigenvalue weighted by Gasteiger charge is -2.15. The molecule has 94 valence electrons. The zero-order chi connectivity index (χ0) is 12.7. The van der Waals surface area contributed by atoms with Gasteiger partial charge >= 0.3 is 5.97 Å². The van der Waals surface area contributed by atoms with Crippen molar-refractivity contribution in [1.82, 2.24) is 9.55 Å². The fourth-order valence-corrected chi connectivity index (χ4v) is 2.84. The molecule has 0 radical (unpaired) electrons. The third kappa shape index (κ3) is 1.72. The van der Waals surface area contributed by atoms with Gasteiger partial charge in [-0.1, -0.05) is 0 Å². The number of nitrogens with zero attached hydrogens (tertiary/aromatic N) is 2. The van der Waals surface area contributed by atoms with Crippen molar-refractivity contribution in [2.75, 3.05) is 13.7 Å². The summed E-state index contributed by atoms with van der Waals surface area (Å²) in [7, 11) is 1.37. The molecule has 0 amide bonds. The molecule has 2 heterocycles. The van der Waals surface area contributed by atoms with Gasteiger partial charge in [-0.05, 0) is 28.1 Å². The van der Waals surface area contributed by atoms with Gasteiger partial charge in [-0.15, -0.1) is 0 Å². The van der Waals surface area contributed by atoms with E-state index < -0.39 is 0 Å². The number of aromatic nitrogens is 2. The summed E-state index contributed by atoms with van der Waals surface area (Å²) in [5.41, 5.74) is 2.28. The minimum absolute atomic E-state index is 0.361. The molecule has 3 rings (SSSR count). The van der Waals surface area contributed by atoms with Crippen molar-refractivity contribution < 1.29 is 14.3 Å². The van der Waals surface area contributed by atoms with E-state index >= 15 is 0 Å². The largest absolute Gasteiger partial charge is 0.465 e. The minimum atomic E-state index is -0.361. The van der Waals surface area contributed by atoms with Crippen LogP contribution in [0, 0.1) is 0 Å². The Balaban J connectivity index is 2.23. The summed E-state index contributed by atoms with van der Waals surface area (Å²) in [6.07, 6.45) is 0. The lowest BCUT2D eigenvalue weighted by molar-refractivity contribution is 0.0601. The van der Waals surface area contributed by atoms with Crippen molar-refractivity contribution in [3.8, 4) is 0 Å². The van der Waals surface area contributed by atoms with Gasteiger partial charge in [0.25, 0.3) is 0 Å². The molecule has 2 aromatic rings. The summed E-state index contributed by atoms with van der Waals surface area (Å²) in [4.78, 5) is 16.0. The Labute approximate surface area is 112 Å². The summed E-state index contributed by atoms with van der Waals surface area (Å²) >= 11 is 3.49. The fourth-order valence-electron chi connectivity index (χ4n) is 2.17. The molecule has 0 unspecified atom stereocenters. The molecule has 0 saturated heterocycles. The molecule has 1 aromatic carbocycles. The van der Waals surface area contributed by atoms with Crippen LogP contribution in [0.15, 0.2) is 16.6 Å². The quantitative estimate of drug-likeness (QED) is 0.757. The molecule has 18 heavy (non-hydrogen) atoms. The zero-order valence-electron chi connectivity index (χ0n) is 9.77. The SMILES string of the molecule is COC(=O)c1cc(Br)c2c(c1)nc1n2CCOC1. The van der Waals surface area contributed by atoms with E-state index in [2.05, 4.69) is 25.5 Å². The second kappa shape index (κ2) is 4.37. The second-order valence-electron chi connectivity index (χ2n) is 4.05. The molecule has 0 bridgehead atoms. The first kappa shape index (κ1) is 11.7. The molecule has 5 nitrogen and oxygen atoms in total. The summed E-state index contributed by atoms with van der Waals surface area (Å²) in [6.45, 7) is 1.97.